The second kappa shape index (κ2) is 9.51. The number of amides is 1. The van der Waals surface area contributed by atoms with Gasteiger partial charge >= 0.3 is 0 Å². The van der Waals surface area contributed by atoms with E-state index in [0.29, 0.717) is 23.4 Å². The number of nitrogens with zero attached hydrogens (tertiary/aromatic N) is 6. The van der Waals surface area contributed by atoms with Gasteiger partial charge in [-0.3, -0.25) is 4.79 Å². The zero-order chi connectivity index (χ0) is 23.3. The van der Waals surface area contributed by atoms with E-state index in [9.17, 15) is 18.8 Å². The Morgan fingerprint density at radius 1 is 1.28 bits per heavy atom. The minimum absolute atomic E-state index is 0.111. The van der Waals surface area contributed by atoms with Crippen LogP contribution in [0.2, 0.25) is 0 Å². The van der Waals surface area contributed by atoms with Crippen LogP contribution in [-0.2, 0) is 5.92 Å². The van der Waals surface area contributed by atoms with Crippen molar-refractivity contribution in [2.75, 3.05) is 13.2 Å². The third-order valence-electron chi connectivity index (χ3n) is 4.84. The smallest absolute Gasteiger partial charge is 0.272 e. The fraction of sp³-hybridized carbons (Fsp3) is 0.318. The highest BCUT2D eigenvalue weighted by molar-refractivity contribution is 5.98. The highest BCUT2D eigenvalue weighted by Crippen LogP contribution is 2.27. The number of hydrogen-bond donors (Lipinski definition) is 0. The Labute approximate surface area is 184 Å². The topological polar surface area (TPSA) is 96.9 Å². The molecule has 0 saturated heterocycles. The summed E-state index contributed by atoms with van der Waals surface area (Å²) in [6.07, 6.45) is 4.03. The largest absolute Gasteiger partial charge is 0.475 e. The number of carbonyl (C=O) groups excluding carboxylic acids is 1. The molecule has 1 atom stereocenters. The molecule has 0 N–H and O–H groups in total. The summed E-state index contributed by atoms with van der Waals surface area (Å²) in [5.41, 5.74) is 0.897. The summed E-state index contributed by atoms with van der Waals surface area (Å²) in [6, 6.07) is 9.01. The zero-order valence-corrected chi connectivity index (χ0v) is 17.9. The predicted molar refractivity (Wildman–Crippen MR) is 112 cm³/mol. The number of rotatable bonds is 8. The molecule has 0 spiro atoms. The Morgan fingerprint density at radius 3 is 2.56 bits per heavy atom. The van der Waals surface area contributed by atoms with E-state index in [1.807, 2.05) is 19.9 Å². The van der Waals surface area contributed by atoms with E-state index >= 15 is 0 Å². The minimum atomic E-state index is -2.98. The maximum Gasteiger partial charge on any atom is 0.272 e. The van der Waals surface area contributed by atoms with Crippen LogP contribution in [0.1, 0.15) is 42.3 Å². The van der Waals surface area contributed by atoms with E-state index in [4.69, 9.17) is 4.74 Å². The van der Waals surface area contributed by atoms with Crippen molar-refractivity contribution in [2.24, 2.45) is 0 Å². The monoisotopic (exact) mass is 440 g/mol. The molecule has 0 aliphatic heterocycles. The summed E-state index contributed by atoms with van der Waals surface area (Å²) in [4.78, 5) is 20.1. The number of pyridine rings is 1. The first-order chi connectivity index (χ1) is 15.2. The summed E-state index contributed by atoms with van der Waals surface area (Å²) in [6.45, 7) is 4.95. The number of halogens is 2. The lowest BCUT2D eigenvalue weighted by atomic mass is 10.1. The average Bonchev–Trinajstić information content (AvgIpc) is 3.32. The van der Waals surface area contributed by atoms with E-state index in [0.717, 1.165) is 13.1 Å². The van der Waals surface area contributed by atoms with Gasteiger partial charge in [-0.05, 0) is 38.1 Å². The molecule has 8 nitrogen and oxygen atoms in total. The minimum Gasteiger partial charge on any atom is -0.475 e. The summed E-state index contributed by atoms with van der Waals surface area (Å²) < 4.78 is 32.3. The van der Waals surface area contributed by atoms with Crippen LogP contribution in [0.15, 0.2) is 48.9 Å². The number of alkyl halides is 2. The van der Waals surface area contributed by atoms with Crippen molar-refractivity contribution in [1.82, 2.24) is 24.9 Å². The van der Waals surface area contributed by atoms with Crippen LogP contribution in [0.5, 0.6) is 5.88 Å². The van der Waals surface area contributed by atoms with Crippen molar-refractivity contribution in [1.29, 1.82) is 5.26 Å². The number of ether oxygens (including phenoxy) is 1. The lowest BCUT2D eigenvalue weighted by Crippen LogP contribution is -2.42. The molecule has 1 aromatic carbocycles. The number of nitriles is 1. The van der Waals surface area contributed by atoms with Crippen LogP contribution >= 0.6 is 0 Å². The first kappa shape index (κ1) is 22.8. The Morgan fingerprint density at radius 2 is 2.00 bits per heavy atom. The van der Waals surface area contributed by atoms with Gasteiger partial charge in [0.15, 0.2) is 0 Å². The van der Waals surface area contributed by atoms with Crippen molar-refractivity contribution in [3.05, 3.63) is 65.6 Å². The lowest BCUT2D eigenvalue weighted by molar-refractivity contribution is 0.0169. The quantitative estimate of drug-likeness (QED) is 0.531. The average molecular weight is 440 g/mol. The lowest BCUT2D eigenvalue weighted by Gasteiger charge is -2.28. The van der Waals surface area contributed by atoms with Gasteiger partial charge in [-0.1, -0.05) is 0 Å². The number of aromatic nitrogens is 4. The summed E-state index contributed by atoms with van der Waals surface area (Å²) in [7, 11) is 0. The van der Waals surface area contributed by atoms with Crippen LogP contribution < -0.4 is 4.74 Å². The van der Waals surface area contributed by atoms with Gasteiger partial charge in [-0.2, -0.15) is 20.3 Å². The summed E-state index contributed by atoms with van der Waals surface area (Å²) >= 11 is 0. The molecule has 166 valence electrons. The molecule has 10 heteroatoms. The third kappa shape index (κ3) is 5.06. The molecule has 0 radical (unpaired) electrons. The molecule has 0 fully saturated rings. The van der Waals surface area contributed by atoms with Crippen molar-refractivity contribution in [3.8, 4) is 17.6 Å². The van der Waals surface area contributed by atoms with Crippen LogP contribution in [0, 0.1) is 11.3 Å². The standard InChI is InChI=1S/C22H22F2N6O2/c1-4-29(15(2)14-32-20-8-6-17(13-26-20)22(3,23)24)21(31)18-7-5-16(12-25)11-19(18)30-27-9-10-28-30/h5-11,13,15H,4,14H2,1-3H3/t15-/m0/s1. The number of benzene rings is 1. The number of likely N-dealkylation sites (N-methyl/N-ethyl adjacent to an activating group) is 1. The molecule has 0 saturated carbocycles. The zero-order valence-electron chi connectivity index (χ0n) is 17.9. The Balaban J connectivity index is 1.77. The molecular formula is C22H22F2N6O2. The molecule has 0 unspecified atom stereocenters. The van der Waals surface area contributed by atoms with Gasteiger partial charge in [-0.15, -0.1) is 0 Å². The van der Waals surface area contributed by atoms with E-state index in [2.05, 4.69) is 15.2 Å². The molecule has 2 aromatic heterocycles. The van der Waals surface area contributed by atoms with E-state index in [1.165, 1.54) is 29.3 Å². The van der Waals surface area contributed by atoms with Gasteiger partial charge in [0.25, 0.3) is 11.8 Å². The number of carbonyl (C=O) groups is 1. The predicted octanol–water partition coefficient (Wildman–Crippen LogP) is 3.58. The third-order valence-corrected chi connectivity index (χ3v) is 4.84. The van der Waals surface area contributed by atoms with Crippen molar-refractivity contribution >= 4 is 5.91 Å². The molecule has 2 heterocycles. The Bertz CT molecular complexity index is 1100. The van der Waals surface area contributed by atoms with Gasteiger partial charge < -0.3 is 9.64 Å². The van der Waals surface area contributed by atoms with Gasteiger partial charge in [0.1, 0.15) is 6.61 Å². The molecule has 0 aliphatic rings. The van der Waals surface area contributed by atoms with Crippen molar-refractivity contribution < 1.29 is 18.3 Å². The molecule has 32 heavy (non-hydrogen) atoms. The summed E-state index contributed by atoms with van der Waals surface area (Å²) in [5, 5.41) is 17.4. The molecule has 0 aliphatic carbocycles. The maximum absolute atomic E-state index is 13.3. The second-order valence-electron chi connectivity index (χ2n) is 7.19. The fourth-order valence-corrected chi connectivity index (χ4v) is 3.12. The molecule has 1 amide bonds. The first-order valence-electron chi connectivity index (χ1n) is 9.93. The van der Waals surface area contributed by atoms with E-state index in [1.54, 1.807) is 23.1 Å². The van der Waals surface area contributed by atoms with Gasteiger partial charge in [0, 0.05) is 31.3 Å². The SMILES string of the molecule is CCN(C(=O)c1ccc(C#N)cc1-n1nccn1)[C@@H](C)COc1ccc(C(C)(F)F)cn1. The van der Waals surface area contributed by atoms with Crippen LogP contribution in [-0.4, -0.2) is 50.0 Å². The van der Waals surface area contributed by atoms with Gasteiger partial charge in [-0.25, -0.2) is 13.8 Å². The maximum atomic E-state index is 13.3. The van der Waals surface area contributed by atoms with Gasteiger partial charge in [0.2, 0.25) is 5.88 Å². The normalized spacial score (nSPS) is 12.1. The second-order valence-corrected chi connectivity index (χ2v) is 7.19. The highest BCUT2D eigenvalue weighted by atomic mass is 19.3. The van der Waals surface area contributed by atoms with Crippen LogP contribution in [0.25, 0.3) is 5.69 Å². The molecule has 3 rings (SSSR count). The summed E-state index contributed by atoms with van der Waals surface area (Å²) in [5.74, 6) is -3.07. The van der Waals surface area contributed by atoms with Crippen molar-refractivity contribution in [3.63, 3.8) is 0 Å². The first-order valence-corrected chi connectivity index (χ1v) is 9.93. The molecule has 3 aromatic rings. The Kier molecular flexibility index (Phi) is 6.78. The van der Waals surface area contributed by atoms with Crippen LogP contribution in [0.3, 0.4) is 0 Å². The molecular weight excluding hydrogens is 418 g/mol. The highest BCUT2D eigenvalue weighted by Gasteiger charge is 2.26. The Hall–Kier alpha value is -3.87. The molecule has 0 bridgehead atoms. The van der Waals surface area contributed by atoms with Crippen molar-refractivity contribution in [2.45, 2.75) is 32.7 Å². The van der Waals surface area contributed by atoms with E-state index < -0.39 is 5.92 Å². The fourth-order valence-electron chi connectivity index (χ4n) is 3.12. The number of hydrogen-bond acceptors (Lipinski definition) is 6. The van der Waals surface area contributed by atoms with Crippen LogP contribution in [0.4, 0.5) is 8.78 Å². The van der Waals surface area contributed by atoms with E-state index in [-0.39, 0.29) is 30.0 Å². The van der Waals surface area contributed by atoms with Gasteiger partial charge in [0.05, 0.1) is 41.3 Å².